The van der Waals surface area contributed by atoms with Crippen LogP contribution in [0.25, 0.3) is 0 Å². The minimum absolute atomic E-state index is 0.0602. The van der Waals surface area contributed by atoms with Gasteiger partial charge in [-0.15, -0.1) is 0 Å². The fourth-order valence-electron chi connectivity index (χ4n) is 1.54. The van der Waals surface area contributed by atoms with Crippen LogP contribution in [0.3, 0.4) is 0 Å². The molecule has 5 nitrogen and oxygen atoms in total. The number of nitrogens with one attached hydrogen (secondary N) is 2. The highest BCUT2D eigenvalue weighted by atomic mass is 16.6. The van der Waals surface area contributed by atoms with Gasteiger partial charge in [0.15, 0.2) is 0 Å². The predicted octanol–water partition coefficient (Wildman–Crippen LogP) is 3.55. The van der Waals surface area contributed by atoms with Crippen molar-refractivity contribution in [1.82, 2.24) is 0 Å². The standard InChI is InChI=1S/C15H22N2O3/c1-9(2)14(18)16-12-7-6-8-13(11(12)5)17-15(19)20-10(3)4/h6-10H,1-5H3,(H,16,18)(H,17,19). The van der Waals surface area contributed by atoms with Crippen LogP contribution in [0.5, 0.6) is 0 Å². The van der Waals surface area contributed by atoms with E-state index in [1.165, 1.54) is 0 Å². The molecule has 0 atom stereocenters. The summed E-state index contributed by atoms with van der Waals surface area (Å²) in [5.74, 6) is -0.160. The number of benzene rings is 1. The number of anilines is 2. The molecule has 2 amide bonds. The van der Waals surface area contributed by atoms with E-state index in [0.717, 1.165) is 5.56 Å². The Morgan fingerprint density at radius 3 is 2.10 bits per heavy atom. The monoisotopic (exact) mass is 278 g/mol. The highest BCUT2D eigenvalue weighted by molar-refractivity contribution is 5.95. The Kier molecular flexibility index (Phi) is 5.55. The van der Waals surface area contributed by atoms with Crippen molar-refractivity contribution in [2.24, 2.45) is 5.92 Å². The Labute approximate surface area is 119 Å². The number of amides is 2. The SMILES string of the molecule is Cc1c(NC(=O)OC(C)C)cccc1NC(=O)C(C)C. The number of hydrogen-bond donors (Lipinski definition) is 2. The molecule has 0 saturated carbocycles. The van der Waals surface area contributed by atoms with Crippen molar-refractivity contribution in [3.05, 3.63) is 23.8 Å². The lowest BCUT2D eigenvalue weighted by molar-refractivity contribution is -0.118. The molecule has 2 N–H and O–H groups in total. The summed E-state index contributed by atoms with van der Waals surface area (Å²) in [4.78, 5) is 23.3. The number of carbonyl (C=O) groups excluding carboxylic acids is 2. The van der Waals surface area contributed by atoms with Crippen LogP contribution in [0, 0.1) is 12.8 Å². The van der Waals surface area contributed by atoms with E-state index in [9.17, 15) is 9.59 Å². The zero-order valence-corrected chi connectivity index (χ0v) is 12.6. The van der Waals surface area contributed by atoms with E-state index in [0.29, 0.717) is 11.4 Å². The fourth-order valence-corrected chi connectivity index (χ4v) is 1.54. The third kappa shape index (κ3) is 4.57. The molecule has 0 bridgehead atoms. The lowest BCUT2D eigenvalue weighted by Gasteiger charge is -2.15. The molecule has 0 aliphatic carbocycles. The normalized spacial score (nSPS) is 10.6. The van der Waals surface area contributed by atoms with Gasteiger partial charge < -0.3 is 10.1 Å². The van der Waals surface area contributed by atoms with Gasteiger partial charge in [-0.3, -0.25) is 10.1 Å². The molecule has 1 aromatic rings. The van der Waals surface area contributed by atoms with Crippen molar-refractivity contribution in [3.63, 3.8) is 0 Å². The molecule has 0 aromatic heterocycles. The van der Waals surface area contributed by atoms with Gasteiger partial charge in [0.25, 0.3) is 0 Å². The van der Waals surface area contributed by atoms with Crippen LogP contribution in [0.4, 0.5) is 16.2 Å². The lowest BCUT2D eigenvalue weighted by atomic mass is 10.1. The maximum atomic E-state index is 11.7. The summed E-state index contributed by atoms with van der Waals surface area (Å²) < 4.78 is 5.03. The molecular weight excluding hydrogens is 256 g/mol. The molecular formula is C15H22N2O3. The number of carbonyl (C=O) groups is 2. The van der Waals surface area contributed by atoms with Gasteiger partial charge in [0.05, 0.1) is 6.10 Å². The highest BCUT2D eigenvalue weighted by Crippen LogP contribution is 2.24. The average molecular weight is 278 g/mol. The van der Waals surface area contributed by atoms with Gasteiger partial charge in [0, 0.05) is 17.3 Å². The molecule has 0 heterocycles. The Balaban J connectivity index is 2.84. The number of hydrogen-bond acceptors (Lipinski definition) is 3. The molecule has 0 aliphatic rings. The first-order valence-electron chi connectivity index (χ1n) is 6.69. The van der Waals surface area contributed by atoms with Gasteiger partial charge in [-0.25, -0.2) is 4.79 Å². The first-order chi connectivity index (χ1) is 9.31. The first kappa shape index (κ1) is 16.0. The summed E-state index contributed by atoms with van der Waals surface area (Å²) in [5, 5.41) is 5.50. The molecule has 1 aromatic carbocycles. The van der Waals surface area contributed by atoms with Gasteiger partial charge in [0.1, 0.15) is 0 Å². The summed E-state index contributed by atoms with van der Waals surface area (Å²) >= 11 is 0. The Bertz CT molecular complexity index is 496. The Hall–Kier alpha value is -2.04. The second-order valence-electron chi connectivity index (χ2n) is 5.20. The van der Waals surface area contributed by atoms with Crippen LogP contribution in [0.15, 0.2) is 18.2 Å². The summed E-state index contributed by atoms with van der Waals surface area (Å²) in [5.41, 5.74) is 2.10. The van der Waals surface area contributed by atoms with Crippen molar-refractivity contribution >= 4 is 23.4 Å². The third-order valence-corrected chi connectivity index (χ3v) is 2.70. The molecule has 0 saturated heterocycles. The smallest absolute Gasteiger partial charge is 0.411 e. The molecule has 0 radical (unpaired) electrons. The number of ether oxygens (including phenoxy) is 1. The quantitative estimate of drug-likeness (QED) is 0.885. The van der Waals surface area contributed by atoms with E-state index in [4.69, 9.17) is 4.74 Å². The van der Waals surface area contributed by atoms with Crippen molar-refractivity contribution < 1.29 is 14.3 Å². The topological polar surface area (TPSA) is 67.4 Å². The molecule has 1 rings (SSSR count). The van der Waals surface area contributed by atoms with Crippen LogP contribution in [-0.4, -0.2) is 18.1 Å². The maximum absolute atomic E-state index is 11.7. The largest absolute Gasteiger partial charge is 0.447 e. The van der Waals surface area contributed by atoms with E-state index >= 15 is 0 Å². The molecule has 110 valence electrons. The lowest BCUT2D eigenvalue weighted by Crippen LogP contribution is -2.20. The molecule has 0 fully saturated rings. The molecule has 5 heteroatoms. The van der Waals surface area contributed by atoms with Crippen LogP contribution in [-0.2, 0) is 9.53 Å². The predicted molar refractivity (Wildman–Crippen MR) is 79.9 cm³/mol. The van der Waals surface area contributed by atoms with Crippen molar-refractivity contribution in [3.8, 4) is 0 Å². The van der Waals surface area contributed by atoms with Gasteiger partial charge in [-0.2, -0.15) is 0 Å². The van der Waals surface area contributed by atoms with Gasteiger partial charge >= 0.3 is 6.09 Å². The zero-order valence-electron chi connectivity index (χ0n) is 12.6. The van der Waals surface area contributed by atoms with Crippen LogP contribution in [0.2, 0.25) is 0 Å². The Morgan fingerprint density at radius 1 is 1.05 bits per heavy atom. The summed E-state index contributed by atoms with van der Waals surface area (Å²) in [6.07, 6.45) is -0.686. The summed E-state index contributed by atoms with van der Waals surface area (Å²) in [6.45, 7) is 9.05. The number of rotatable bonds is 4. The summed E-state index contributed by atoms with van der Waals surface area (Å²) in [7, 11) is 0. The summed E-state index contributed by atoms with van der Waals surface area (Å²) in [6, 6.07) is 5.34. The van der Waals surface area contributed by atoms with E-state index in [-0.39, 0.29) is 17.9 Å². The highest BCUT2D eigenvalue weighted by Gasteiger charge is 2.12. The molecule has 0 spiro atoms. The maximum Gasteiger partial charge on any atom is 0.411 e. The molecule has 0 unspecified atom stereocenters. The van der Waals surface area contributed by atoms with E-state index in [2.05, 4.69) is 10.6 Å². The second kappa shape index (κ2) is 6.93. The Morgan fingerprint density at radius 2 is 1.60 bits per heavy atom. The van der Waals surface area contributed by atoms with E-state index in [1.807, 2.05) is 20.8 Å². The molecule has 0 aliphatic heterocycles. The van der Waals surface area contributed by atoms with Gasteiger partial charge in [0.2, 0.25) is 5.91 Å². The third-order valence-electron chi connectivity index (χ3n) is 2.70. The van der Waals surface area contributed by atoms with Gasteiger partial charge in [-0.05, 0) is 38.5 Å². The van der Waals surface area contributed by atoms with Crippen molar-refractivity contribution in [2.75, 3.05) is 10.6 Å². The fraction of sp³-hybridized carbons (Fsp3) is 0.467. The van der Waals surface area contributed by atoms with Crippen LogP contribution < -0.4 is 10.6 Å². The minimum atomic E-state index is -0.504. The molecule has 20 heavy (non-hydrogen) atoms. The van der Waals surface area contributed by atoms with Crippen molar-refractivity contribution in [1.29, 1.82) is 0 Å². The minimum Gasteiger partial charge on any atom is -0.447 e. The average Bonchev–Trinajstić information content (AvgIpc) is 2.32. The van der Waals surface area contributed by atoms with E-state index in [1.54, 1.807) is 32.0 Å². The first-order valence-corrected chi connectivity index (χ1v) is 6.69. The van der Waals surface area contributed by atoms with Gasteiger partial charge in [-0.1, -0.05) is 19.9 Å². The van der Waals surface area contributed by atoms with Crippen molar-refractivity contribution in [2.45, 2.75) is 40.7 Å². The van der Waals surface area contributed by atoms with Crippen LogP contribution in [0.1, 0.15) is 33.3 Å². The van der Waals surface area contributed by atoms with Crippen LogP contribution >= 0.6 is 0 Å². The second-order valence-corrected chi connectivity index (χ2v) is 5.20. The van der Waals surface area contributed by atoms with E-state index < -0.39 is 6.09 Å². The zero-order chi connectivity index (χ0) is 15.3.